The first-order valence-electron chi connectivity index (χ1n) is 5.70. The van der Waals surface area contributed by atoms with Gasteiger partial charge in [-0.25, -0.2) is 4.79 Å². The van der Waals surface area contributed by atoms with Gasteiger partial charge in [0.2, 0.25) is 0 Å². The molecule has 2 atom stereocenters. The van der Waals surface area contributed by atoms with Gasteiger partial charge in [0.25, 0.3) is 0 Å². The average Bonchev–Trinajstić information content (AvgIpc) is 2.34. The summed E-state index contributed by atoms with van der Waals surface area (Å²) in [4.78, 5) is 12.5. The van der Waals surface area contributed by atoms with Gasteiger partial charge in [0.15, 0.2) is 6.23 Å². The number of nitrogens with one attached hydrogen (secondary N) is 1. The minimum absolute atomic E-state index is 0.301. The summed E-state index contributed by atoms with van der Waals surface area (Å²) in [5, 5.41) is 2.29. The van der Waals surface area contributed by atoms with Gasteiger partial charge < -0.3 is 10.1 Å². The Kier molecular flexibility index (Phi) is 3.55. The third-order valence-electron chi connectivity index (χ3n) is 2.94. The highest BCUT2D eigenvalue weighted by Crippen LogP contribution is 2.39. The molecule has 0 radical (unpaired) electrons. The van der Waals surface area contributed by atoms with Gasteiger partial charge in [0, 0.05) is 13.6 Å². The molecule has 1 aliphatic rings. The number of ether oxygens (including phenoxy) is 1. The van der Waals surface area contributed by atoms with E-state index in [1.807, 2.05) is 0 Å². The number of carbonyl (C=O) groups is 1. The van der Waals surface area contributed by atoms with Gasteiger partial charge >= 0.3 is 12.2 Å². The summed E-state index contributed by atoms with van der Waals surface area (Å²) >= 11 is 0. The molecule has 0 aromatic heterocycles. The SMILES string of the molecule is CNC(=O)N1CC(C(F)(F)F)C1Oc1ccccc1. The van der Waals surface area contributed by atoms with E-state index in [4.69, 9.17) is 4.74 Å². The van der Waals surface area contributed by atoms with Gasteiger partial charge in [-0.15, -0.1) is 0 Å². The molecule has 2 amide bonds. The second-order valence-electron chi connectivity index (χ2n) is 4.18. The van der Waals surface area contributed by atoms with Crippen molar-refractivity contribution in [1.82, 2.24) is 10.2 Å². The van der Waals surface area contributed by atoms with Crippen LogP contribution in [0.1, 0.15) is 0 Å². The fourth-order valence-corrected chi connectivity index (χ4v) is 1.88. The van der Waals surface area contributed by atoms with E-state index in [9.17, 15) is 18.0 Å². The number of rotatable bonds is 2. The van der Waals surface area contributed by atoms with E-state index in [1.54, 1.807) is 30.3 Å². The van der Waals surface area contributed by atoms with Crippen molar-refractivity contribution in [2.45, 2.75) is 12.4 Å². The number of alkyl halides is 3. The Morgan fingerprint density at radius 2 is 2.00 bits per heavy atom. The summed E-state index contributed by atoms with van der Waals surface area (Å²) in [6.45, 7) is -0.388. The summed E-state index contributed by atoms with van der Waals surface area (Å²) in [7, 11) is 1.36. The molecule has 19 heavy (non-hydrogen) atoms. The lowest BCUT2D eigenvalue weighted by atomic mass is 9.97. The molecule has 2 unspecified atom stereocenters. The topological polar surface area (TPSA) is 41.6 Å². The Balaban J connectivity index is 2.13. The zero-order chi connectivity index (χ0) is 14.0. The van der Waals surface area contributed by atoms with Crippen molar-refractivity contribution in [3.63, 3.8) is 0 Å². The molecule has 1 aliphatic heterocycles. The summed E-state index contributed by atoms with van der Waals surface area (Å²) < 4.78 is 43.5. The van der Waals surface area contributed by atoms with Crippen LogP contribution in [0.15, 0.2) is 30.3 Å². The molecule has 1 aromatic carbocycles. The number of nitrogens with zero attached hydrogens (tertiary/aromatic N) is 1. The first-order chi connectivity index (χ1) is 8.93. The van der Waals surface area contributed by atoms with Crippen molar-refractivity contribution in [3.05, 3.63) is 30.3 Å². The van der Waals surface area contributed by atoms with E-state index in [2.05, 4.69) is 5.32 Å². The Morgan fingerprint density at radius 1 is 1.37 bits per heavy atom. The quantitative estimate of drug-likeness (QED) is 0.898. The number of carbonyl (C=O) groups excluding carboxylic acids is 1. The minimum atomic E-state index is -4.38. The van der Waals surface area contributed by atoms with Gasteiger partial charge in [-0.1, -0.05) is 18.2 Å². The van der Waals surface area contributed by atoms with E-state index < -0.39 is 24.4 Å². The summed E-state index contributed by atoms with van der Waals surface area (Å²) in [6, 6.07) is 7.55. The van der Waals surface area contributed by atoms with Crippen molar-refractivity contribution in [1.29, 1.82) is 0 Å². The lowest BCUT2D eigenvalue weighted by Crippen LogP contribution is -2.67. The smallest absolute Gasteiger partial charge is 0.398 e. The standard InChI is InChI=1S/C12H13F3N2O2/c1-16-11(18)17-7-9(12(13,14)15)10(17)19-8-5-3-2-4-6-8/h2-6,9-10H,7H2,1H3,(H,16,18). The molecule has 1 N–H and O–H groups in total. The second-order valence-corrected chi connectivity index (χ2v) is 4.18. The van der Waals surface area contributed by atoms with Crippen LogP contribution >= 0.6 is 0 Å². The molecule has 2 rings (SSSR count). The highest BCUT2D eigenvalue weighted by atomic mass is 19.4. The molecular formula is C12H13F3N2O2. The van der Waals surface area contributed by atoms with Crippen molar-refractivity contribution in [2.24, 2.45) is 5.92 Å². The molecule has 104 valence electrons. The first kappa shape index (κ1) is 13.5. The number of halogens is 3. The third-order valence-corrected chi connectivity index (χ3v) is 2.94. The van der Waals surface area contributed by atoms with Crippen LogP contribution < -0.4 is 10.1 Å². The summed E-state index contributed by atoms with van der Waals surface area (Å²) in [6.07, 6.45) is -5.70. The van der Waals surface area contributed by atoms with Crippen LogP contribution in [-0.4, -0.2) is 36.9 Å². The number of amides is 2. The number of benzene rings is 1. The van der Waals surface area contributed by atoms with Crippen molar-refractivity contribution >= 4 is 6.03 Å². The summed E-state index contributed by atoms with van der Waals surface area (Å²) in [5.41, 5.74) is 0. The molecule has 7 heteroatoms. The Hall–Kier alpha value is -1.92. The molecule has 0 aliphatic carbocycles. The molecule has 1 heterocycles. The van der Waals surface area contributed by atoms with Crippen molar-refractivity contribution in [2.75, 3.05) is 13.6 Å². The van der Waals surface area contributed by atoms with Crippen LogP contribution in [0.25, 0.3) is 0 Å². The predicted octanol–water partition coefficient (Wildman–Crippen LogP) is 2.22. The van der Waals surface area contributed by atoms with E-state index in [1.165, 1.54) is 7.05 Å². The first-order valence-corrected chi connectivity index (χ1v) is 5.70. The highest BCUT2D eigenvalue weighted by molar-refractivity contribution is 5.75. The second kappa shape index (κ2) is 4.99. The highest BCUT2D eigenvalue weighted by Gasteiger charge is 2.57. The number of para-hydroxylation sites is 1. The third kappa shape index (κ3) is 2.74. The van der Waals surface area contributed by atoms with Gasteiger partial charge in [-0.2, -0.15) is 13.2 Å². The minimum Gasteiger partial charge on any atom is -0.470 e. The molecule has 1 fully saturated rings. The largest absolute Gasteiger partial charge is 0.470 e. The van der Waals surface area contributed by atoms with Crippen LogP contribution in [0, 0.1) is 5.92 Å². The number of likely N-dealkylation sites (tertiary alicyclic amines) is 1. The number of hydrogen-bond donors (Lipinski definition) is 1. The van der Waals surface area contributed by atoms with Crippen LogP contribution in [-0.2, 0) is 0 Å². The van der Waals surface area contributed by atoms with E-state index in [-0.39, 0.29) is 6.54 Å². The monoisotopic (exact) mass is 274 g/mol. The lowest BCUT2D eigenvalue weighted by Gasteiger charge is -2.47. The molecule has 1 saturated heterocycles. The van der Waals surface area contributed by atoms with Crippen LogP contribution in [0.2, 0.25) is 0 Å². The van der Waals surface area contributed by atoms with Gasteiger partial charge in [0.1, 0.15) is 11.7 Å². The maximum atomic E-state index is 12.8. The van der Waals surface area contributed by atoms with Gasteiger partial charge in [0.05, 0.1) is 0 Å². The fourth-order valence-electron chi connectivity index (χ4n) is 1.88. The molecule has 4 nitrogen and oxygen atoms in total. The number of hydrogen-bond acceptors (Lipinski definition) is 2. The Bertz CT molecular complexity index is 450. The van der Waals surface area contributed by atoms with Crippen LogP contribution in [0.5, 0.6) is 5.75 Å². The Labute approximate surface area is 108 Å². The maximum absolute atomic E-state index is 12.8. The van der Waals surface area contributed by atoms with E-state index in [0.717, 1.165) is 4.90 Å². The van der Waals surface area contributed by atoms with Crippen molar-refractivity contribution < 1.29 is 22.7 Å². The molecule has 0 spiro atoms. The maximum Gasteiger partial charge on any atom is 0.398 e. The number of urea groups is 1. The molecule has 0 bridgehead atoms. The Morgan fingerprint density at radius 3 is 2.53 bits per heavy atom. The zero-order valence-electron chi connectivity index (χ0n) is 10.1. The predicted molar refractivity (Wildman–Crippen MR) is 61.6 cm³/mol. The van der Waals surface area contributed by atoms with E-state index in [0.29, 0.717) is 5.75 Å². The van der Waals surface area contributed by atoms with Gasteiger partial charge in [-0.3, -0.25) is 4.90 Å². The molecular weight excluding hydrogens is 261 g/mol. The fraction of sp³-hybridized carbons (Fsp3) is 0.417. The zero-order valence-corrected chi connectivity index (χ0v) is 10.1. The lowest BCUT2D eigenvalue weighted by molar-refractivity contribution is -0.254. The molecule has 0 saturated carbocycles. The summed E-state index contributed by atoms with van der Waals surface area (Å²) in [5.74, 6) is -1.36. The molecule has 1 aromatic rings. The van der Waals surface area contributed by atoms with Crippen molar-refractivity contribution in [3.8, 4) is 5.75 Å². The average molecular weight is 274 g/mol. The normalized spacial score (nSPS) is 22.6. The van der Waals surface area contributed by atoms with E-state index >= 15 is 0 Å². The van der Waals surface area contributed by atoms with Crippen LogP contribution in [0.3, 0.4) is 0 Å². The van der Waals surface area contributed by atoms with Gasteiger partial charge in [-0.05, 0) is 12.1 Å². The van der Waals surface area contributed by atoms with Crippen LogP contribution in [0.4, 0.5) is 18.0 Å².